The first-order chi connectivity index (χ1) is 16.2. The minimum atomic E-state index is -0.313. The second kappa shape index (κ2) is 12.0. The molecule has 1 fully saturated rings. The van der Waals surface area contributed by atoms with Crippen LogP contribution in [-0.2, 0) is 11.3 Å². The molecule has 7 heteroatoms. The number of amides is 2. The van der Waals surface area contributed by atoms with Gasteiger partial charge in [-0.25, -0.2) is 0 Å². The summed E-state index contributed by atoms with van der Waals surface area (Å²) in [5.41, 5.74) is 1.69. The topological polar surface area (TPSA) is 79.9 Å². The zero-order chi connectivity index (χ0) is 24.6. The van der Waals surface area contributed by atoms with Crippen molar-refractivity contribution in [3.63, 3.8) is 0 Å². The number of rotatable bonds is 9. The molecule has 2 aromatic rings. The number of carbonyl (C=O) groups is 2. The fourth-order valence-corrected chi connectivity index (χ4v) is 3.83. The summed E-state index contributed by atoms with van der Waals surface area (Å²) in [5.74, 6) is 0.448. The van der Waals surface area contributed by atoms with Crippen molar-refractivity contribution >= 4 is 11.8 Å². The summed E-state index contributed by atoms with van der Waals surface area (Å²) in [6.45, 7) is 9.31. The monoisotopic (exact) mass is 467 g/mol. The number of likely N-dealkylation sites (N-methyl/N-ethyl adjacent to an activating group) is 1. The molecule has 184 valence electrons. The van der Waals surface area contributed by atoms with Gasteiger partial charge in [-0.2, -0.15) is 0 Å². The lowest BCUT2D eigenvalue weighted by atomic mass is 10.1. The lowest BCUT2D eigenvalue weighted by Crippen LogP contribution is -2.40. The molecule has 2 aromatic carbocycles. The molecule has 0 saturated carbocycles. The first-order valence-corrected chi connectivity index (χ1v) is 11.9. The van der Waals surface area contributed by atoms with E-state index in [2.05, 4.69) is 22.6 Å². The molecule has 2 amide bonds. The molecule has 0 unspecified atom stereocenters. The second-order valence-electron chi connectivity index (χ2n) is 9.78. The normalized spacial score (nSPS) is 14.6. The van der Waals surface area contributed by atoms with Crippen LogP contribution in [0, 0.1) is 0 Å². The Morgan fingerprint density at radius 2 is 1.68 bits per heavy atom. The van der Waals surface area contributed by atoms with E-state index in [0.717, 1.165) is 43.9 Å². The Hall–Kier alpha value is -2.90. The van der Waals surface area contributed by atoms with E-state index in [1.54, 1.807) is 24.3 Å². The highest BCUT2D eigenvalue weighted by atomic mass is 16.5. The van der Waals surface area contributed by atoms with E-state index in [1.807, 2.05) is 45.0 Å². The molecule has 0 radical (unpaired) electrons. The summed E-state index contributed by atoms with van der Waals surface area (Å²) >= 11 is 0. The second-order valence-corrected chi connectivity index (χ2v) is 9.78. The fraction of sp³-hybridized carbons (Fsp3) is 0.481. The molecule has 1 aliphatic rings. The van der Waals surface area contributed by atoms with E-state index in [-0.39, 0.29) is 17.4 Å². The van der Waals surface area contributed by atoms with Crippen molar-refractivity contribution in [2.75, 3.05) is 33.4 Å². The van der Waals surface area contributed by atoms with E-state index in [9.17, 15) is 9.59 Å². The Bertz CT molecular complexity index is 947. The van der Waals surface area contributed by atoms with Crippen molar-refractivity contribution in [2.45, 2.75) is 51.7 Å². The molecule has 1 saturated heterocycles. The van der Waals surface area contributed by atoms with Crippen LogP contribution >= 0.6 is 0 Å². The number of ether oxygens (including phenoxy) is 2. The number of carbonyl (C=O) groups excluding carboxylic acids is 2. The van der Waals surface area contributed by atoms with Gasteiger partial charge < -0.3 is 20.1 Å². The SMILES string of the molecule is CN(CCOc1cccc(CNC(=O)c2ccc(C(=O)NC(C)(C)C)cc2)c1)C1CCOCC1. The van der Waals surface area contributed by atoms with E-state index >= 15 is 0 Å². The molecule has 0 atom stereocenters. The van der Waals surface area contributed by atoms with Gasteiger partial charge in [-0.15, -0.1) is 0 Å². The number of hydrogen-bond donors (Lipinski definition) is 2. The van der Waals surface area contributed by atoms with Gasteiger partial charge >= 0.3 is 0 Å². The van der Waals surface area contributed by atoms with Gasteiger partial charge in [-0.1, -0.05) is 12.1 Å². The predicted octanol–water partition coefficient (Wildman–Crippen LogP) is 3.63. The molecule has 0 aromatic heterocycles. The first kappa shape index (κ1) is 25.7. The van der Waals surface area contributed by atoms with Crippen LogP contribution in [0.3, 0.4) is 0 Å². The van der Waals surface area contributed by atoms with Crippen LogP contribution in [0.2, 0.25) is 0 Å². The van der Waals surface area contributed by atoms with Crippen molar-refractivity contribution in [2.24, 2.45) is 0 Å². The van der Waals surface area contributed by atoms with Crippen molar-refractivity contribution in [3.05, 3.63) is 65.2 Å². The maximum absolute atomic E-state index is 12.6. The maximum Gasteiger partial charge on any atom is 0.251 e. The largest absolute Gasteiger partial charge is 0.492 e. The number of nitrogens with zero attached hydrogens (tertiary/aromatic N) is 1. The summed E-state index contributed by atoms with van der Waals surface area (Å²) in [7, 11) is 2.13. The Morgan fingerprint density at radius 1 is 1.03 bits per heavy atom. The average Bonchev–Trinajstić information content (AvgIpc) is 2.82. The van der Waals surface area contributed by atoms with Crippen LogP contribution in [-0.4, -0.2) is 61.7 Å². The van der Waals surface area contributed by atoms with E-state index in [0.29, 0.717) is 30.3 Å². The highest BCUT2D eigenvalue weighted by molar-refractivity contribution is 5.98. The van der Waals surface area contributed by atoms with Gasteiger partial charge in [0.2, 0.25) is 0 Å². The van der Waals surface area contributed by atoms with Crippen LogP contribution in [0.5, 0.6) is 5.75 Å². The summed E-state index contributed by atoms with van der Waals surface area (Å²) < 4.78 is 11.4. The summed E-state index contributed by atoms with van der Waals surface area (Å²) in [6, 6.07) is 15.0. The maximum atomic E-state index is 12.6. The Labute approximate surface area is 202 Å². The third-order valence-corrected chi connectivity index (χ3v) is 5.78. The van der Waals surface area contributed by atoms with Crippen LogP contribution in [0.1, 0.15) is 59.9 Å². The van der Waals surface area contributed by atoms with Crippen molar-refractivity contribution in [1.82, 2.24) is 15.5 Å². The molecular weight excluding hydrogens is 430 g/mol. The van der Waals surface area contributed by atoms with E-state index in [1.165, 1.54) is 0 Å². The molecule has 0 aliphatic carbocycles. The predicted molar refractivity (Wildman–Crippen MR) is 133 cm³/mol. The van der Waals surface area contributed by atoms with Crippen molar-refractivity contribution < 1.29 is 19.1 Å². The van der Waals surface area contributed by atoms with Gasteiger partial charge in [0.1, 0.15) is 12.4 Å². The van der Waals surface area contributed by atoms with Crippen LogP contribution in [0.15, 0.2) is 48.5 Å². The number of benzene rings is 2. The van der Waals surface area contributed by atoms with Gasteiger partial charge in [0.25, 0.3) is 11.8 Å². The number of nitrogens with one attached hydrogen (secondary N) is 2. The fourth-order valence-electron chi connectivity index (χ4n) is 3.83. The van der Waals surface area contributed by atoms with Gasteiger partial charge in [-0.3, -0.25) is 14.5 Å². The van der Waals surface area contributed by atoms with Crippen LogP contribution in [0.4, 0.5) is 0 Å². The zero-order valence-corrected chi connectivity index (χ0v) is 20.7. The molecule has 34 heavy (non-hydrogen) atoms. The van der Waals surface area contributed by atoms with Gasteiger partial charge in [0.15, 0.2) is 0 Å². The molecular formula is C27H37N3O4. The first-order valence-electron chi connectivity index (χ1n) is 11.9. The van der Waals surface area contributed by atoms with Gasteiger partial charge in [0, 0.05) is 49.0 Å². The molecule has 7 nitrogen and oxygen atoms in total. The Morgan fingerprint density at radius 3 is 2.32 bits per heavy atom. The molecule has 3 rings (SSSR count). The average molecular weight is 468 g/mol. The summed E-state index contributed by atoms with van der Waals surface area (Å²) in [6.07, 6.45) is 2.14. The highest BCUT2D eigenvalue weighted by Crippen LogP contribution is 2.15. The molecule has 0 bridgehead atoms. The van der Waals surface area contributed by atoms with Gasteiger partial charge in [-0.05, 0) is 82.6 Å². The third-order valence-electron chi connectivity index (χ3n) is 5.78. The van der Waals surface area contributed by atoms with Gasteiger partial charge in [0.05, 0.1) is 0 Å². The number of hydrogen-bond acceptors (Lipinski definition) is 5. The lowest BCUT2D eigenvalue weighted by molar-refractivity contribution is 0.0392. The highest BCUT2D eigenvalue weighted by Gasteiger charge is 2.18. The molecule has 2 N–H and O–H groups in total. The third kappa shape index (κ3) is 8.15. The molecule has 1 aliphatic heterocycles. The lowest BCUT2D eigenvalue weighted by Gasteiger charge is -2.31. The van der Waals surface area contributed by atoms with Crippen molar-refractivity contribution in [1.29, 1.82) is 0 Å². The summed E-state index contributed by atoms with van der Waals surface area (Å²) in [4.78, 5) is 27.1. The van der Waals surface area contributed by atoms with E-state index < -0.39 is 0 Å². The molecule has 1 heterocycles. The minimum Gasteiger partial charge on any atom is -0.492 e. The smallest absolute Gasteiger partial charge is 0.251 e. The zero-order valence-electron chi connectivity index (χ0n) is 20.7. The minimum absolute atomic E-state index is 0.157. The van der Waals surface area contributed by atoms with Crippen LogP contribution < -0.4 is 15.4 Å². The molecule has 0 spiro atoms. The van der Waals surface area contributed by atoms with E-state index in [4.69, 9.17) is 9.47 Å². The standard InChI is InChI=1S/C27H37N3O4/c1-27(2,3)29-26(32)22-10-8-21(9-11-22)25(31)28-19-20-6-5-7-24(18-20)34-17-14-30(4)23-12-15-33-16-13-23/h5-11,18,23H,12-17,19H2,1-4H3,(H,28,31)(H,29,32). The van der Waals surface area contributed by atoms with Crippen LogP contribution in [0.25, 0.3) is 0 Å². The Balaban J connectivity index is 1.45. The summed E-state index contributed by atoms with van der Waals surface area (Å²) in [5, 5.41) is 5.85. The van der Waals surface area contributed by atoms with Crippen molar-refractivity contribution in [3.8, 4) is 5.75 Å². The quantitative estimate of drug-likeness (QED) is 0.589. The Kier molecular flexibility index (Phi) is 9.07.